The minimum Gasteiger partial charge on any atom is -0.382 e. The summed E-state index contributed by atoms with van der Waals surface area (Å²) < 4.78 is 36.4. The Bertz CT molecular complexity index is 1810. The number of rotatable bonds is 5. The van der Waals surface area contributed by atoms with Crippen LogP contribution in [0.5, 0.6) is 0 Å². The molecule has 6 rings (SSSR count). The highest BCUT2D eigenvalue weighted by atomic mass is 35.5. The second-order valence-corrected chi connectivity index (χ2v) is 10.2. The van der Waals surface area contributed by atoms with Crippen molar-refractivity contribution < 1.29 is 13.5 Å². The van der Waals surface area contributed by atoms with Gasteiger partial charge in [0.2, 0.25) is 0 Å². The van der Waals surface area contributed by atoms with Gasteiger partial charge in [-0.3, -0.25) is 14.0 Å². The number of aromatic nitrogens is 4. The summed E-state index contributed by atoms with van der Waals surface area (Å²) in [6, 6.07) is 11.1. The Hall–Kier alpha value is -4.06. The number of nitrogens with two attached hydrogens (primary N) is 2. The third-order valence-electron chi connectivity index (χ3n) is 7.15. The second kappa shape index (κ2) is 10.2. The van der Waals surface area contributed by atoms with E-state index >= 15 is 0 Å². The van der Waals surface area contributed by atoms with Crippen molar-refractivity contribution in [3.63, 3.8) is 0 Å². The molecule has 0 bridgehead atoms. The van der Waals surface area contributed by atoms with Crippen LogP contribution in [0.3, 0.4) is 0 Å². The Morgan fingerprint density at radius 2 is 1.80 bits per heavy atom. The largest absolute Gasteiger partial charge is 0.382 e. The lowest BCUT2D eigenvalue weighted by atomic mass is 10.0. The molecule has 1 aliphatic rings. The van der Waals surface area contributed by atoms with Crippen LogP contribution in [0.1, 0.15) is 17.4 Å². The highest BCUT2D eigenvalue weighted by Gasteiger charge is 2.24. The van der Waals surface area contributed by atoms with E-state index in [1.54, 1.807) is 29.9 Å². The summed E-state index contributed by atoms with van der Waals surface area (Å²) in [6.45, 7) is 2.64. The van der Waals surface area contributed by atoms with Crippen molar-refractivity contribution in [3.05, 3.63) is 86.9 Å². The van der Waals surface area contributed by atoms with E-state index in [4.69, 9.17) is 32.8 Å². The molecule has 0 spiro atoms. The third-order valence-corrected chi connectivity index (χ3v) is 7.46. The molecule has 0 radical (unpaired) electrons. The van der Waals surface area contributed by atoms with Gasteiger partial charge in [-0.25, -0.2) is 13.8 Å². The maximum atomic E-state index is 14.2. The minimum absolute atomic E-state index is 0.0278. The zero-order valence-corrected chi connectivity index (χ0v) is 22.3. The van der Waals surface area contributed by atoms with Crippen molar-refractivity contribution in [2.75, 3.05) is 36.9 Å². The van der Waals surface area contributed by atoms with Crippen LogP contribution in [0.15, 0.2) is 53.3 Å². The van der Waals surface area contributed by atoms with E-state index in [1.807, 2.05) is 12.1 Å². The fourth-order valence-electron chi connectivity index (χ4n) is 5.33. The van der Waals surface area contributed by atoms with Crippen LogP contribution in [0.4, 0.5) is 20.3 Å². The molecular weight excluding hydrogens is 540 g/mol. The van der Waals surface area contributed by atoms with Crippen LogP contribution in [0.2, 0.25) is 5.02 Å². The molecule has 3 aromatic carbocycles. The number of ether oxygens (including phenoxy) is 1. The van der Waals surface area contributed by atoms with E-state index in [2.05, 4.69) is 10.00 Å². The van der Waals surface area contributed by atoms with Crippen LogP contribution < -0.4 is 21.9 Å². The maximum Gasteiger partial charge on any atom is 0.266 e. The van der Waals surface area contributed by atoms with Gasteiger partial charge in [0.05, 0.1) is 51.8 Å². The molecule has 1 saturated heterocycles. The monoisotopic (exact) mass is 565 g/mol. The number of nitrogens with zero attached hydrogens (tertiary/aromatic N) is 5. The number of fused-ring (bicyclic) bond motifs is 2. The molecule has 40 heavy (non-hydrogen) atoms. The number of morpholine rings is 1. The van der Waals surface area contributed by atoms with E-state index < -0.39 is 17.7 Å². The highest BCUT2D eigenvalue weighted by Crippen LogP contribution is 2.34. The van der Waals surface area contributed by atoms with Crippen molar-refractivity contribution in [3.8, 4) is 5.69 Å². The fourth-order valence-corrected chi connectivity index (χ4v) is 5.58. The fraction of sp³-hybridized carbons (Fsp3) is 0.250. The number of halogens is 3. The molecule has 9 nitrogen and oxygen atoms in total. The molecule has 3 heterocycles. The molecular formula is C28H26ClF2N7O2. The number of nitrogen functional groups attached to an aromatic ring is 1. The summed E-state index contributed by atoms with van der Waals surface area (Å²) in [7, 11) is 1.70. The van der Waals surface area contributed by atoms with E-state index in [9.17, 15) is 13.6 Å². The first kappa shape index (κ1) is 26.2. The summed E-state index contributed by atoms with van der Waals surface area (Å²) >= 11 is 6.45. The lowest BCUT2D eigenvalue weighted by Crippen LogP contribution is -2.36. The van der Waals surface area contributed by atoms with Gasteiger partial charge in [-0.15, -0.1) is 0 Å². The first-order valence-electron chi connectivity index (χ1n) is 12.7. The predicted octanol–water partition coefficient (Wildman–Crippen LogP) is 3.87. The molecule has 1 atom stereocenters. The molecule has 1 aliphatic heterocycles. The highest BCUT2D eigenvalue weighted by molar-refractivity contribution is 6.36. The Kier molecular flexibility index (Phi) is 6.65. The van der Waals surface area contributed by atoms with Crippen molar-refractivity contribution in [1.29, 1.82) is 0 Å². The van der Waals surface area contributed by atoms with Crippen LogP contribution >= 0.6 is 11.6 Å². The molecule has 2 aromatic heterocycles. The molecule has 0 amide bonds. The van der Waals surface area contributed by atoms with E-state index in [1.165, 1.54) is 16.7 Å². The minimum atomic E-state index is -0.901. The summed E-state index contributed by atoms with van der Waals surface area (Å²) in [5, 5.41) is 5.54. The van der Waals surface area contributed by atoms with Gasteiger partial charge < -0.3 is 21.1 Å². The Morgan fingerprint density at radius 3 is 2.52 bits per heavy atom. The number of benzene rings is 3. The Morgan fingerprint density at radius 1 is 1.07 bits per heavy atom. The van der Waals surface area contributed by atoms with Gasteiger partial charge in [0.1, 0.15) is 17.5 Å². The topological polar surface area (TPSA) is 117 Å². The molecule has 0 saturated carbocycles. The van der Waals surface area contributed by atoms with Crippen LogP contribution in [-0.2, 0) is 18.2 Å². The molecule has 12 heteroatoms. The SMILES string of the molecule is Cn1nc(N)c2c(Cl)ccc(-n3c([C@@H](N)Cc4cc(F)cc(F)c4)nc4cc(N5CCOCC5)ccc4c3=O)c21. The summed E-state index contributed by atoms with van der Waals surface area (Å²) in [5.41, 5.74) is 15.1. The zero-order chi connectivity index (χ0) is 28.1. The van der Waals surface area contributed by atoms with Gasteiger partial charge in [-0.1, -0.05) is 11.6 Å². The number of aryl methyl sites for hydroxylation is 1. The summed E-state index contributed by atoms with van der Waals surface area (Å²) in [5.74, 6) is -1.01. The van der Waals surface area contributed by atoms with Gasteiger partial charge in [-0.2, -0.15) is 5.10 Å². The first-order valence-corrected chi connectivity index (χ1v) is 13.1. The summed E-state index contributed by atoms with van der Waals surface area (Å²) in [4.78, 5) is 21.2. The number of anilines is 2. The smallest absolute Gasteiger partial charge is 0.266 e. The molecule has 5 aromatic rings. The predicted molar refractivity (Wildman–Crippen MR) is 151 cm³/mol. The normalized spacial score (nSPS) is 14.8. The van der Waals surface area contributed by atoms with Crippen LogP contribution in [-0.4, -0.2) is 45.6 Å². The molecule has 4 N–H and O–H groups in total. The van der Waals surface area contributed by atoms with Gasteiger partial charge in [0, 0.05) is 31.9 Å². The molecule has 1 fully saturated rings. The van der Waals surface area contributed by atoms with E-state index in [-0.39, 0.29) is 23.6 Å². The summed E-state index contributed by atoms with van der Waals surface area (Å²) in [6.07, 6.45) is 0.0278. The number of hydrogen-bond acceptors (Lipinski definition) is 7. The van der Waals surface area contributed by atoms with E-state index in [0.717, 1.165) is 11.8 Å². The van der Waals surface area contributed by atoms with E-state index in [0.29, 0.717) is 64.4 Å². The van der Waals surface area contributed by atoms with Crippen molar-refractivity contribution >= 4 is 44.9 Å². The first-order chi connectivity index (χ1) is 19.2. The van der Waals surface area contributed by atoms with Gasteiger partial charge in [-0.05, 0) is 54.4 Å². The average Bonchev–Trinajstić information content (AvgIpc) is 3.23. The zero-order valence-electron chi connectivity index (χ0n) is 21.6. The standard InChI is InChI=1S/C28H26ClF2N7O2/c1-36-25-23(5-4-20(29)24(25)26(33)35-36)38-27(21(32)12-15-10-16(30)13-17(31)11-15)34-22-14-18(2-3-19(22)28(38)39)37-6-8-40-9-7-37/h2-5,10-11,13-14,21H,6-9,12,32H2,1H3,(H2,33,35)/t21-/m0/s1. The average molecular weight is 566 g/mol. The van der Waals surface area contributed by atoms with Gasteiger partial charge in [0.25, 0.3) is 5.56 Å². The second-order valence-electron chi connectivity index (χ2n) is 9.80. The van der Waals surface area contributed by atoms with Crippen molar-refractivity contribution in [2.45, 2.75) is 12.5 Å². The molecule has 0 aliphatic carbocycles. The third kappa shape index (κ3) is 4.55. The van der Waals surface area contributed by atoms with Gasteiger partial charge >= 0.3 is 0 Å². The lowest BCUT2D eigenvalue weighted by molar-refractivity contribution is 0.122. The van der Waals surface area contributed by atoms with Crippen molar-refractivity contribution in [1.82, 2.24) is 19.3 Å². The Labute approximate surface area is 232 Å². The molecule has 0 unspecified atom stereocenters. The number of hydrogen-bond donors (Lipinski definition) is 2. The van der Waals surface area contributed by atoms with Crippen LogP contribution in [0, 0.1) is 11.6 Å². The lowest BCUT2D eigenvalue weighted by Gasteiger charge is -2.29. The maximum absolute atomic E-state index is 14.2. The van der Waals surface area contributed by atoms with Gasteiger partial charge in [0.15, 0.2) is 5.82 Å². The quantitative estimate of drug-likeness (QED) is 0.332. The Balaban J connectivity index is 1.59. The van der Waals surface area contributed by atoms with Crippen molar-refractivity contribution in [2.24, 2.45) is 12.8 Å². The van der Waals surface area contributed by atoms with Crippen LogP contribution in [0.25, 0.3) is 27.5 Å². The molecule has 206 valence electrons.